The molecule has 5 heteroatoms. The molecule has 0 aliphatic rings. The first-order valence-electron chi connectivity index (χ1n) is 9.50. The fraction of sp³-hybridized carbons (Fsp3) is 0.208. The van der Waals surface area contributed by atoms with E-state index in [2.05, 4.69) is 17.0 Å². The molecule has 0 spiro atoms. The molecule has 0 amide bonds. The molecule has 0 bridgehead atoms. The van der Waals surface area contributed by atoms with Gasteiger partial charge >= 0.3 is 5.97 Å². The Hall–Kier alpha value is -3.18. The molecule has 3 aromatic carbocycles. The number of aliphatic carboxylic acids is 1. The van der Waals surface area contributed by atoms with Gasteiger partial charge in [-0.15, -0.1) is 0 Å². The first-order chi connectivity index (χ1) is 14.0. The Labute approximate surface area is 170 Å². The lowest BCUT2D eigenvalue weighted by Gasteiger charge is -2.22. The van der Waals surface area contributed by atoms with Gasteiger partial charge in [0, 0.05) is 19.6 Å². The molecule has 3 rings (SSSR count). The lowest BCUT2D eigenvalue weighted by molar-refractivity contribution is -0.137. The minimum absolute atomic E-state index is 0.0809. The molecular weight excluding hydrogens is 369 g/mol. The average Bonchev–Trinajstić information content (AvgIpc) is 2.68. The van der Waals surface area contributed by atoms with Crippen molar-refractivity contribution in [3.05, 3.63) is 95.3 Å². The molecule has 1 N–H and O–H groups in total. The van der Waals surface area contributed by atoms with Crippen molar-refractivity contribution in [2.24, 2.45) is 0 Å². The summed E-state index contributed by atoms with van der Waals surface area (Å²) in [6, 6.07) is 21.7. The number of nitrogens with zero attached hydrogens (tertiary/aromatic N) is 1. The summed E-state index contributed by atoms with van der Waals surface area (Å²) in [7, 11) is 0. The summed E-state index contributed by atoms with van der Waals surface area (Å²) in [5.74, 6) is 0.0952. The van der Waals surface area contributed by atoms with Gasteiger partial charge in [0.25, 0.3) is 0 Å². The van der Waals surface area contributed by atoms with Crippen molar-refractivity contribution in [3.8, 4) is 11.5 Å². The van der Waals surface area contributed by atoms with Gasteiger partial charge in [0.05, 0.1) is 6.42 Å². The topological polar surface area (TPSA) is 49.8 Å². The zero-order chi connectivity index (χ0) is 20.6. The zero-order valence-corrected chi connectivity index (χ0v) is 16.3. The van der Waals surface area contributed by atoms with Gasteiger partial charge in [-0.3, -0.25) is 9.69 Å². The monoisotopic (exact) mass is 393 g/mol. The summed E-state index contributed by atoms with van der Waals surface area (Å²) in [5.41, 5.74) is 3.34. The van der Waals surface area contributed by atoms with E-state index in [4.69, 9.17) is 9.84 Å². The van der Waals surface area contributed by atoms with Gasteiger partial charge in [-0.05, 0) is 54.4 Å². The van der Waals surface area contributed by atoms with E-state index in [1.54, 1.807) is 12.1 Å². The van der Waals surface area contributed by atoms with Crippen LogP contribution in [0.15, 0.2) is 72.8 Å². The first kappa shape index (κ1) is 20.6. The van der Waals surface area contributed by atoms with Crippen molar-refractivity contribution in [1.29, 1.82) is 0 Å². The number of aryl methyl sites for hydroxylation is 1. The second-order valence-corrected chi connectivity index (χ2v) is 7.05. The number of hydrogen-bond donors (Lipinski definition) is 1. The molecule has 29 heavy (non-hydrogen) atoms. The molecule has 0 aromatic heterocycles. The van der Waals surface area contributed by atoms with Crippen molar-refractivity contribution in [2.75, 3.05) is 6.54 Å². The smallest absolute Gasteiger partial charge is 0.304 e. The number of ether oxygens (including phenoxy) is 1. The minimum atomic E-state index is -0.812. The first-order valence-corrected chi connectivity index (χ1v) is 9.50. The second-order valence-electron chi connectivity index (χ2n) is 7.05. The third-order valence-corrected chi connectivity index (χ3v) is 4.48. The molecule has 0 unspecified atom stereocenters. The third-order valence-electron chi connectivity index (χ3n) is 4.48. The van der Waals surface area contributed by atoms with E-state index >= 15 is 0 Å². The Bertz CT molecular complexity index is 956. The van der Waals surface area contributed by atoms with Crippen LogP contribution in [0.1, 0.15) is 23.1 Å². The number of carbonyl (C=O) groups is 1. The van der Waals surface area contributed by atoms with Crippen LogP contribution in [-0.2, 0) is 17.9 Å². The van der Waals surface area contributed by atoms with Crippen molar-refractivity contribution >= 4 is 5.97 Å². The molecule has 0 aliphatic carbocycles. The molecule has 0 heterocycles. The SMILES string of the molecule is Cc1cccc(CN(CCC(=O)O)Cc2cccc(Oc3ccc(F)cc3)c2)c1. The summed E-state index contributed by atoms with van der Waals surface area (Å²) in [6.45, 7) is 3.76. The highest BCUT2D eigenvalue weighted by Gasteiger charge is 2.11. The Kier molecular flexibility index (Phi) is 6.98. The van der Waals surface area contributed by atoms with Crippen LogP contribution in [0.2, 0.25) is 0 Å². The highest BCUT2D eigenvalue weighted by atomic mass is 19.1. The summed E-state index contributed by atoms with van der Waals surface area (Å²) >= 11 is 0. The molecule has 3 aromatic rings. The molecule has 0 saturated carbocycles. The molecule has 4 nitrogen and oxygen atoms in total. The molecule has 0 fully saturated rings. The maximum atomic E-state index is 13.1. The van der Waals surface area contributed by atoms with Gasteiger partial charge in [-0.1, -0.05) is 42.0 Å². The normalized spacial score (nSPS) is 10.9. The van der Waals surface area contributed by atoms with Gasteiger partial charge < -0.3 is 9.84 Å². The summed E-state index contributed by atoms with van der Waals surface area (Å²) in [6.07, 6.45) is 0.0809. The van der Waals surface area contributed by atoms with Crippen molar-refractivity contribution < 1.29 is 19.0 Å². The van der Waals surface area contributed by atoms with E-state index in [9.17, 15) is 9.18 Å². The van der Waals surface area contributed by atoms with Crippen molar-refractivity contribution in [1.82, 2.24) is 4.90 Å². The number of rotatable bonds is 9. The van der Waals surface area contributed by atoms with E-state index in [0.717, 1.165) is 11.1 Å². The highest BCUT2D eigenvalue weighted by Crippen LogP contribution is 2.23. The van der Waals surface area contributed by atoms with Gasteiger partial charge in [-0.2, -0.15) is 0 Å². The second kappa shape index (κ2) is 9.85. The Morgan fingerprint density at radius 3 is 2.24 bits per heavy atom. The number of benzene rings is 3. The predicted octanol–water partition coefficient (Wildman–Crippen LogP) is 5.40. The van der Waals surface area contributed by atoms with E-state index in [1.165, 1.54) is 17.7 Å². The van der Waals surface area contributed by atoms with Gasteiger partial charge in [0.2, 0.25) is 0 Å². The maximum absolute atomic E-state index is 13.1. The lowest BCUT2D eigenvalue weighted by atomic mass is 10.1. The van der Waals surface area contributed by atoms with Crippen LogP contribution in [-0.4, -0.2) is 22.5 Å². The number of carboxylic acids is 1. The van der Waals surface area contributed by atoms with Gasteiger partial charge in [0.15, 0.2) is 0 Å². The number of carboxylic acid groups (broad SMARTS) is 1. The highest BCUT2D eigenvalue weighted by molar-refractivity contribution is 5.66. The number of hydrogen-bond acceptors (Lipinski definition) is 3. The lowest BCUT2D eigenvalue weighted by Crippen LogP contribution is -2.25. The van der Waals surface area contributed by atoms with E-state index < -0.39 is 5.97 Å². The van der Waals surface area contributed by atoms with Crippen LogP contribution in [0.4, 0.5) is 4.39 Å². The fourth-order valence-corrected chi connectivity index (χ4v) is 3.14. The van der Waals surface area contributed by atoms with Gasteiger partial charge in [0.1, 0.15) is 17.3 Å². The maximum Gasteiger partial charge on any atom is 0.304 e. The van der Waals surface area contributed by atoms with E-state index in [0.29, 0.717) is 31.1 Å². The summed E-state index contributed by atoms with van der Waals surface area (Å²) in [5, 5.41) is 9.09. The number of halogens is 1. The Morgan fingerprint density at radius 2 is 1.59 bits per heavy atom. The van der Waals surface area contributed by atoms with Crippen LogP contribution in [0.5, 0.6) is 11.5 Å². The van der Waals surface area contributed by atoms with Crippen LogP contribution in [0, 0.1) is 12.7 Å². The third kappa shape index (κ3) is 6.73. The standard InChI is InChI=1S/C24H24FNO3/c1-18-4-2-5-19(14-18)16-26(13-12-24(27)28)17-20-6-3-7-23(15-20)29-22-10-8-21(25)9-11-22/h2-11,14-15H,12-13,16-17H2,1H3,(H,27,28). The van der Waals surface area contributed by atoms with Crippen molar-refractivity contribution in [2.45, 2.75) is 26.4 Å². The fourth-order valence-electron chi connectivity index (χ4n) is 3.14. The Morgan fingerprint density at radius 1 is 0.931 bits per heavy atom. The van der Waals surface area contributed by atoms with Crippen molar-refractivity contribution in [3.63, 3.8) is 0 Å². The average molecular weight is 393 g/mol. The Balaban J connectivity index is 1.72. The van der Waals surface area contributed by atoms with Crippen LogP contribution < -0.4 is 4.74 Å². The van der Waals surface area contributed by atoms with Crippen LogP contribution in [0.3, 0.4) is 0 Å². The van der Waals surface area contributed by atoms with E-state index in [-0.39, 0.29) is 12.2 Å². The molecule has 0 aliphatic heterocycles. The van der Waals surface area contributed by atoms with Crippen LogP contribution >= 0.6 is 0 Å². The quantitative estimate of drug-likeness (QED) is 0.529. The molecule has 0 atom stereocenters. The largest absolute Gasteiger partial charge is 0.481 e. The van der Waals surface area contributed by atoms with Gasteiger partial charge in [-0.25, -0.2) is 4.39 Å². The summed E-state index contributed by atoms with van der Waals surface area (Å²) < 4.78 is 18.9. The predicted molar refractivity (Wildman–Crippen MR) is 110 cm³/mol. The van der Waals surface area contributed by atoms with E-state index in [1.807, 2.05) is 43.3 Å². The zero-order valence-electron chi connectivity index (χ0n) is 16.3. The minimum Gasteiger partial charge on any atom is -0.481 e. The van der Waals surface area contributed by atoms with Crippen LogP contribution in [0.25, 0.3) is 0 Å². The molecule has 0 radical (unpaired) electrons. The summed E-state index contributed by atoms with van der Waals surface area (Å²) in [4.78, 5) is 13.2. The molecule has 0 saturated heterocycles. The molecule has 150 valence electrons. The molecular formula is C24H24FNO3.